The van der Waals surface area contributed by atoms with Crippen LogP contribution < -0.4 is 11.0 Å². The lowest BCUT2D eigenvalue weighted by Crippen LogP contribution is -2.33. The van der Waals surface area contributed by atoms with Gasteiger partial charge in [-0.2, -0.15) is 13.2 Å². The van der Waals surface area contributed by atoms with Crippen LogP contribution in [0.3, 0.4) is 0 Å². The molecule has 2 N–H and O–H groups in total. The van der Waals surface area contributed by atoms with Crippen LogP contribution in [-0.4, -0.2) is 46.4 Å². The number of nitrogens with zero attached hydrogens (tertiary/aromatic N) is 2. The highest BCUT2D eigenvalue weighted by molar-refractivity contribution is 5.96. The van der Waals surface area contributed by atoms with E-state index >= 15 is 0 Å². The monoisotopic (exact) mass is 448 g/mol. The highest BCUT2D eigenvalue weighted by Gasteiger charge is 2.28. The molecule has 1 saturated heterocycles. The van der Waals surface area contributed by atoms with Crippen LogP contribution in [0.5, 0.6) is 0 Å². The Morgan fingerprint density at radius 3 is 2.88 bits per heavy atom. The number of halogens is 3. The van der Waals surface area contributed by atoms with Crippen molar-refractivity contribution in [2.75, 3.05) is 19.8 Å². The van der Waals surface area contributed by atoms with Crippen LogP contribution >= 0.6 is 0 Å². The van der Waals surface area contributed by atoms with Crippen molar-refractivity contribution in [2.45, 2.75) is 38.4 Å². The zero-order valence-electron chi connectivity index (χ0n) is 17.5. The predicted octanol–water partition coefficient (Wildman–Crippen LogP) is 3.73. The first kappa shape index (κ1) is 22.1. The van der Waals surface area contributed by atoms with Gasteiger partial charge in [-0.15, -0.1) is 0 Å². The fourth-order valence-corrected chi connectivity index (χ4v) is 4.00. The molecule has 4 rings (SSSR count). The van der Waals surface area contributed by atoms with Crippen molar-refractivity contribution in [1.29, 1.82) is 0 Å². The van der Waals surface area contributed by atoms with Crippen LogP contribution in [0.1, 0.15) is 41.2 Å². The Hall–Kier alpha value is -3.14. The lowest BCUT2D eigenvalue weighted by Gasteiger charge is -2.15. The standard InChI is InChI=1S/C22H23F3N4O3/c1-13-4-5-14(20(30)27-12-22(23,24)25)9-17(13)15-10-18-19(26-11-15)29(21(31)28-18)16-3-2-7-32-8-6-16/h4-5,9-11,16H,2-3,6-8,12H2,1H3,(H,27,30)(H,28,31). The molecule has 0 aliphatic carbocycles. The first-order chi connectivity index (χ1) is 15.2. The van der Waals surface area contributed by atoms with Gasteiger partial charge < -0.3 is 15.0 Å². The van der Waals surface area contributed by atoms with Crippen molar-refractivity contribution in [3.8, 4) is 11.1 Å². The van der Waals surface area contributed by atoms with Gasteiger partial charge in [0.1, 0.15) is 6.54 Å². The van der Waals surface area contributed by atoms with Crippen LogP contribution in [0.15, 0.2) is 35.3 Å². The van der Waals surface area contributed by atoms with Gasteiger partial charge in [0.05, 0.1) is 5.52 Å². The maximum Gasteiger partial charge on any atom is 0.405 e. The Morgan fingerprint density at radius 2 is 2.09 bits per heavy atom. The summed E-state index contributed by atoms with van der Waals surface area (Å²) in [5.74, 6) is -0.812. The van der Waals surface area contributed by atoms with Crippen LogP contribution in [0.2, 0.25) is 0 Å². The van der Waals surface area contributed by atoms with E-state index in [2.05, 4.69) is 9.97 Å². The molecule has 170 valence electrons. The molecule has 1 atom stereocenters. The van der Waals surface area contributed by atoms with Gasteiger partial charge >= 0.3 is 11.9 Å². The summed E-state index contributed by atoms with van der Waals surface area (Å²) in [5, 5.41) is 1.88. The summed E-state index contributed by atoms with van der Waals surface area (Å²) >= 11 is 0. The van der Waals surface area contributed by atoms with E-state index in [4.69, 9.17) is 4.74 Å². The Kier molecular flexibility index (Phi) is 6.05. The third-order valence-corrected chi connectivity index (χ3v) is 5.60. The average molecular weight is 448 g/mol. The van der Waals surface area contributed by atoms with Crippen molar-refractivity contribution >= 4 is 17.1 Å². The highest BCUT2D eigenvalue weighted by atomic mass is 19.4. The summed E-state index contributed by atoms with van der Waals surface area (Å²) in [6.07, 6.45) is -0.459. The number of rotatable bonds is 4. The number of imidazole rings is 1. The number of hydrogen-bond acceptors (Lipinski definition) is 4. The number of ether oxygens (including phenoxy) is 1. The Morgan fingerprint density at radius 1 is 1.28 bits per heavy atom. The summed E-state index contributed by atoms with van der Waals surface area (Å²) in [5.41, 5.74) is 3.09. The molecule has 3 aromatic rings. The number of nitrogens with one attached hydrogen (secondary N) is 2. The normalized spacial score (nSPS) is 17.3. The molecule has 7 nitrogen and oxygen atoms in total. The van der Waals surface area contributed by atoms with Crippen LogP contribution in [-0.2, 0) is 4.74 Å². The number of amides is 1. The number of hydrogen-bond donors (Lipinski definition) is 2. The summed E-state index contributed by atoms with van der Waals surface area (Å²) in [6, 6.07) is 6.44. The zero-order valence-corrected chi connectivity index (χ0v) is 17.5. The van der Waals surface area contributed by atoms with E-state index in [1.54, 1.807) is 22.9 Å². The number of carbonyl (C=O) groups excluding carboxylic acids is 1. The first-order valence-corrected chi connectivity index (χ1v) is 10.4. The molecule has 1 amide bonds. The number of alkyl halides is 3. The molecule has 1 fully saturated rings. The molecule has 0 saturated carbocycles. The van der Waals surface area contributed by atoms with Crippen LogP contribution in [0.4, 0.5) is 13.2 Å². The quantitative estimate of drug-likeness (QED) is 0.637. The van der Waals surface area contributed by atoms with Crippen molar-refractivity contribution in [1.82, 2.24) is 19.9 Å². The number of pyridine rings is 1. The molecule has 0 spiro atoms. The molecule has 1 aromatic carbocycles. The number of aromatic amines is 1. The molecular formula is C22H23F3N4O3. The van der Waals surface area contributed by atoms with Crippen molar-refractivity contribution in [3.63, 3.8) is 0 Å². The Labute approximate surface area is 181 Å². The maximum absolute atomic E-state index is 12.6. The largest absolute Gasteiger partial charge is 0.405 e. The number of aromatic nitrogens is 3. The fourth-order valence-electron chi connectivity index (χ4n) is 4.00. The molecule has 0 bridgehead atoms. The van der Waals surface area contributed by atoms with Crippen molar-refractivity contribution in [2.24, 2.45) is 0 Å². The van der Waals surface area contributed by atoms with E-state index in [-0.39, 0.29) is 17.3 Å². The van der Waals surface area contributed by atoms with E-state index in [0.717, 1.165) is 24.8 Å². The smallest absolute Gasteiger partial charge is 0.381 e. The van der Waals surface area contributed by atoms with Crippen LogP contribution in [0, 0.1) is 6.92 Å². The summed E-state index contributed by atoms with van der Waals surface area (Å²) < 4.78 is 44.4. The Balaban J connectivity index is 1.66. The average Bonchev–Trinajstić information content (AvgIpc) is 2.90. The minimum absolute atomic E-state index is 0.000470. The predicted molar refractivity (Wildman–Crippen MR) is 113 cm³/mol. The second-order valence-corrected chi connectivity index (χ2v) is 7.92. The SMILES string of the molecule is Cc1ccc(C(=O)NCC(F)(F)F)cc1-c1cnc2c(c1)[nH]c(=O)n2C1CCCOCC1. The second kappa shape index (κ2) is 8.78. The molecule has 32 heavy (non-hydrogen) atoms. The van der Waals surface area contributed by atoms with Gasteiger partial charge in [0.2, 0.25) is 0 Å². The second-order valence-electron chi connectivity index (χ2n) is 7.92. The van der Waals surface area contributed by atoms with E-state index in [1.807, 2.05) is 12.2 Å². The molecule has 1 aliphatic rings. The minimum Gasteiger partial charge on any atom is -0.381 e. The van der Waals surface area contributed by atoms with Gasteiger partial charge in [-0.1, -0.05) is 6.07 Å². The number of carbonyl (C=O) groups is 1. The molecule has 1 unspecified atom stereocenters. The third kappa shape index (κ3) is 4.69. The lowest BCUT2D eigenvalue weighted by molar-refractivity contribution is -0.123. The highest BCUT2D eigenvalue weighted by Crippen LogP contribution is 2.28. The van der Waals surface area contributed by atoms with E-state index in [9.17, 15) is 22.8 Å². The summed E-state index contributed by atoms with van der Waals surface area (Å²) in [4.78, 5) is 32.2. The van der Waals surface area contributed by atoms with E-state index in [1.165, 1.54) is 12.1 Å². The van der Waals surface area contributed by atoms with Crippen molar-refractivity contribution in [3.05, 3.63) is 52.1 Å². The number of H-pyrrole nitrogens is 1. The van der Waals surface area contributed by atoms with Crippen molar-refractivity contribution < 1.29 is 22.7 Å². The third-order valence-electron chi connectivity index (χ3n) is 5.60. The first-order valence-electron chi connectivity index (χ1n) is 10.4. The lowest BCUT2D eigenvalue weighted by atomic mass is 9.99. The van der Waals surface area contributed by atoms with E-state index < -0.39 is 18.6 Å². The molecular weight excluding hydrogens is 425 g/mol. The van der Waals surface area contributed by atoms with E-state index in [0.29, 0.717) is 35.5 Å². The van der Waals surface area contributed by atoms with Gasteiger partial charge in [0.15, 0.2) is 5.65 Å². The van der Waals surface area contributed by atoms with Gasteiger partial charge in [0, 0.05) is 36.6 Å². The molecule has 2 aromatic heterocycles. The zero-order chi connectivity index (χ0) is 22.9. The summed E-state index contributed by atoms with van der Waals surface area (Å²) in [7, 11) is 0. The fraction of sp³-hybridized carbons (Fsp3) is 0.409. The number of fused-ring (bicyclic) bond motifs is 1. The molecule has 0 radical (unpaired) electrons. The van der Waals surface area contributed by atoms with Gasteiger partial charge in [0.25, 0.3) is 5.91 Å². The number of benzene rings is 1. The van der Waals surface area contributed by atoms with Gasteiger partial charge in [-0.3, -0.25) is 9.36 Å². The number of aryl methyl sites for hydroxylation is 1. The summed E-state index contributed by atoms with van der Waals surface area (Å²) in [6.45, 7) is 1.70. The van der Waals surface area contributed by atoms with Gasteiger partial charge in [-0.05, 0) is 55.5 Å². The maximum atomic E-state index is 12.6. The van der Waals surface area contributed by atoms with Gasteiger partial charge in [-0.25, -0.2) is 9.78 Å². The minimum atomic E-state index is -4.49. The molecule has 1 aliphatic heterocycles. The topological polar surface area (TPSA) is 89.0 Å². The van der Waals surface area contributed by atoms with Crippen LogP contribution in [0.25, 0.3) is 22.3 Å². The Bertz CT molecular complexity index is 1190. The molecule has 10 heteroatoms. The molecule has 3 heterocycles.